The standard InChI is InChI=1S/C12H13NO/c1-7-4-8(2)11-10(5-7)13-6-9(3)12(11)14/h4-6H,1-3H3,(H,13,14). The molecule has 0 aliphatic rings. The molecule has 0 amide bonds. The number of pyridine rings is 1. The van der Waals surface area contributed by atoms with Crippen LogP contribution in [0, 0.1) is 20.8 Å². The molecule has 14 heavy (non-hydrogen) atoms. The number of aromatic amines is 1. The molecule has 0 saturated carbocycles. The van der Waals surface area contributed by atoms with Crippen molar-refractivity contribution in [2.24, 2.45) is 0 Å². The first-order valence-corrected chi connectivity index (χ1v) is 4.69. The van der Waals surface area contributed by atoms with E-state index in [1.54, 1.807) is 6.20 Å². The van der Waals surface area contributed by atoms with Crippen molar-refractivity contribution in [3.8, 4) is 0 Å². The van der Waals surface area contributed by atoms with E-state index in [4.69, 9.17) is 0 Å². The molecule has 0 saturated heterocycles. The molecule has 2 rings (SSSR count). The van der Waals surface area contributed by atoms with Crippen LogP contribution in [0.15, 0.2) is 23.1 Å². The Morgan fingerprint density at radius 3 is 2.50 bits per heavy atom. The quantitative estimate of drug-likeness (QED) is 0.675. The third-order valence-corrected chi connectivity index (χ3v) is 2.51. The molecule has 2 heteroatoms. The van der Waals surface area contributed by atoms with E-state index in [9.17, 15) is 4.79 Å². The van der Waals surface area contributed by atoms with E-state index in [2.05, 4.69) is 4.98 Å². The Morgan fingerprint density at radius 1 is 1.07 bits per heavy atom. The van der Waals surface area contributed by atoms with E-state index >= 15 is 0 Å². The molecule has 2 nitrogen and oxygen atoms in total. The second-order valence-corrected chi connectivity index (χ2v) is 3.81. The highest BCUT2D eigenvalue weighted by Gasteiger charge is 2.04. The molecule has 0 radical (unpaired) electrons. The molecule has 1 N–H and O–H groups in total. The zero-order chi connectivity index (χ0) is 10.3. The first kappa shape index (κ1) is 9.00. The van der Waals surface area contributed by atoms with Crippen molar-refractivity contribution in [1.29, 1.82) is 0 Å². The molecule has 0 spiro atoms. The number of nitrogens with one attached hydrogen (secondary N) is 1. The lowest BCUT2D eigenvalue weighted by molar-refractivity contribution is 1.28. The Hall–Kier alpha value is -1.57. The summed E-state index contributed by atoms with van der Waals surface area (Å²) in [7, 11) is 0. The summed E-state index contributed by atoms with van der Waals surface area (Å²) in [5.41, 5.74) is 4.05. The van der Waals surface area contributed by atoms with E-state index in [1.165, 1.54) is 5.56 Å². The highest BCUT2D eigenvalue weighted by molar-refractivity contribution is 5.82. The van der Waals surface area contributed by atoms with Crippen molar-refractivity contribution in [2.75, 3.05) is 0 Å². The lowest BCUT2D eigenvalue weighted by atomic mass is 10.0. The molecule has 72 valence electrons. The molecule has 0 unspecified atom stereocenters. The molecule has 1 aromatic heterocycles. The van der Waals surface area contributed by atoms with Crippen LogP contribution in [0.2, 0.25) is 0 Å². The summed E-state index contributed by atoms with van der Waals surface area (Å²) in [6.07, 6.45) is 1.77. The Kier molecular flexibility index (Phi) is 1.92. The van der Waals surface area contributed by atoms with Gasteiger partial charge in [-0.3, -0.25) is 4.79 Å². The van der Waals surface area contributed by atoms with E-state index in [-0.39, 0.29) is 5.43 Å². The summed E-state index contributed by atoms with van der Waals surface area (Å²) in [6.45, 7) is 5.84. The van der Waals surface area contributed by atoms with Gasteiger partial charge in [-0.1, -0.05) is 6.07 Å². The minimum atomic E-state index is 0.135. The SMILES string of the molecule is Cc1cc(C)c2c(=O)c(C)c[nH]c2c1. The predicted octanol–water partition coefficient (Wildman–Crippen LogP) is 2.45. The minimum Gasteiger partial charge on any atom is -0.361 e. The van der Waals surface area contributed by atoms with Gasteiger partial charge in [0.2, 0.25) is 0 Å². The maximum absolute atomic E-state index is 11.8. The Bertz CT molecular complexity index is 552. The zero-order valence-electron chi connectivity index (χ0n) is 8.64. The third-order valence-electron chi connectivity index (χ3n) is 2.51. The van der Waals surface area contributed by atoms with Crippen LogP contribution in [0.25, 0.3) is 10.9 Å². The molecule has 0 aliphatic heterocycles. The molecular formula is C12H13NO. The highest BCUT2D eigenvalue weighted by atomic mass is 16.1. The van der Waals surface area contributed by atoms with Crippen molar-refractivity contribution >= 4 is 10.9 Å². The van der Waals surface area contributed by atoms with E-state index in [0.717, 1.165) is 22.0 Å². The number of benzene rings is 1. The number of rotatable bonds is 0. The first-order valence-electron chi connectivity index (χ1n) is 4.69. The summed E-state index contributed by atoms with van der Waals surface area (Å²) < 4.78 is 0. The van der Waals surface area contributed by atoms with E-state index in [0.29, 0.717) is 0 Å². The van der Waals surface area contributed by atoms with Crippen molar-refractivity contribution in [3.05, 3.63) is 45.2 Å². The van der Waals surface area contributed by atoms with Gasteiger partial charge in [0.15, 0.2) is 5.43 Å². The van der Waals surface area contributed by atoms with Crippen LogP contribution in [0.1, 0.15) is 16.7 Å². The predicted molar refractivity (Wildman–Crippen MR) is 58.8 cm³/mol. The Balaban J connectivity index is 3.03. The summed E-state index contributed by atoms with van der Waals surface area (Å²) >= 11 is 0. The fourth-order valence-corrected chi connectivity index (χ4v) is 1.83. The van der Waals surface area contributed by atoms with Gasteiger partial charge in [-0.15, -0.1) is 0 Å². The van der Waals surface area contributed by atoms with Crippen LogP contribution in [-0.4, -0.2) is 4.98 Å². The third kappa shape index (κ3) is 1.23. The Labute approximate surface area is 82.6 Å². The number of hydrogen-bond acceptors (Lipinski definition) is 1. The number of hydrogen-bond donors (Lipinski definition) is 1. The average Bonchev–Trinajstić information content (AvgIpc) is 2.10. The van der Waals surface area contributed by atoms with E-state index in [1.807, 2.05) is 32.9 Å². The lowest BCUT2D eigenvalue weighted by Gasteiger charge is -2.04. The zero-order valence-corrected chi connectivity index (χ0v) is 8.64. The summed E-state index contributed by atoms with van der Waals surface area (Å²) in [5, 5.41) is 0.815. The van der Waals surface area contributed by atoms with Crippen molar-refractivity contribution in [2.45, 2.75) is 20.8 Å². The maximum Gasteiger partial charge on any atom is 0.192 e. The fourth-order valence-electron chi connectivity index (χ4n) is 1.83. The van der Waals surface area contributed by atoms with Crippen LogP contribution < -0.4 is 5.43 Å². The Morgan fingerprint density at radius 2 is 1.79 bits per heavy atom. The van der Waals surface area contributed by atoms with Crippen molar-refractivity contribution < 1.29 is 0 Å². The van der Waals surface area contributed by atoms with Gasteiger partial charge in [0, 0.05) is 22.7 Å². The topological polar surface area (TPSA) is 32.9 Å². The van der Waals surface area contributed by atoms with Gasteiger partial charge in [0.1, 0.15) is 0 Å². The summed E-state index contributed by atoms with van der Waals surface area (Å²) in [5.74, 6) is 0. The average molecular weight is 187 g/mol. The molecule has 0 atom stereocenters. The van der Waals surface area contributed by atoms with Crippen LogP contribution in [0.5, 0.6) is 0 Å². The highest BCUT2D eigenvalue weighted by Crippen LogP contribution is 2.15. The summed E-state index contributed by atoms with van der Waals surface area (Å²) in [6, 6.07) is 4.04. The molecule has 0 aliphatic carbocycles. The van der Waals surface area contributed by atoms with Crippen LogP contribution >= 0.6 is 0 Å². The van der Waals surface area contributed by atoms with Gasteiger partial charge in [0.25, 0.3) is 0 Å². The first-order chi connectivity index (χ1) is 6.59. The molecule has 0 bridgehead atoms. The smallest absolute Gasteiger partial charge is 0.192 e. The van der Waals surface area contributed by atoms with E-state index < -0.39 is 0 Å². The molecule has 2 aromatic rings. The number of aryl methyl sites for hydroxylation is 3. The number of H-pyrrole nitrogens is 1. The monoisotopic (exact) mass is 187 g/mol. The van der Waals surface area contributed by atoms with Gasteiger partial charge in [-0.25, -0.2) is 0 Å². The number of fused-ring (bicyclic) bond motifs is 1. The second kappa shape index (κ2) is 2.98. The van der Waals surface area contributed by atoms with Crippen molar-refractivity contribution in [1.82, 2.24) is 4.98 Å². The summed E-state index contributed by atoms with van der Waals surface area (Å²) in [4.78, 5) is 15.0. The van der Waals surface area contributed by atoms with Gasteiger partial charge >= 0.3 is 0 Å². The fraction of sp³-hybridized carbons (Fsp3) is 0.250. The van der Waals surface area contributed by atoms with Crippen LogP contribution in [0.4, 0.5) is 0 Å². The van der Waals surface area contributed by atoms with Crippen LogP contribution in [-0.2, 0) is 0 Å². The molecule has 1 heterocycles. The molecular weight excluding hydrogens is 174 g/mol. The lowest BCUT2D eigenvalue weighted by Crippen LogP contribution is -2.07. The van der Waals surface area contributed by atoms with Gasteiger partial charge in [-0.2, -0.15) is 0 Å². The van der Waals surface area contributed by atoms with Crippen LogP contribution in [0.3, 0.4) is 0 Å². The van der Waals surface area contributed by atoms with Gasteiger partial charge < -0.3 is 4.98 Å². The molecule has 0 fully saturated rings. The van der Waals surface area contributed by atoms with Crippen molar-refractivity contribution in [3.63, 3.8) is 0 Å². The maximum atomic E-state index is 11.8. The largest absolute Gasteiger partial charge is 0.361 e. The van der Waals surface area contributed by atoms with Gasteiger partial charge in [0.05, 0.1) is 0 Å². The van der Waals surface area contributed by atoms with Gasteiger partial charge in [-0.05, 0) is 38.0 Å². The normalized spacial score (nSPS) is 10.8. The molecule has 1 aromatic carbocycles. The second-order valence-electron chi connectivity index (χ2n) is 3.81. The number of aromatic nitrogens is 1. The minimum absolute atomic E-state index is 0.135.